The molecule has 178 valence electrons. The van der Waals surface area contributed by atoms with Crippen molar-refractivity contribution in [2.45, 2.75) is 64.1 Å². The standard InChI is InChI=1S/C25H29Cl2FN2O3/c1-2-22(25(32)29-18-8-4-3-5-9-18)30(15-17-12-13-19(26)20(27)14-17)24(31)16-33-23-11-7-6-10-21(23)28/h6-7,10-14,18,22H,2-5,8-9,15-16H2,1H3,(H,29,32)/t22-/m0/s1. The maximum atomic E-state index is 13.9. The maximum absolute atomic E-state index is 13.9. The molecule has 1 atom stereocenters. The fourth-order valence-electron chi connectivity index (χ4n) is 4.08. The van der Waals surface area contributed by atoms with E-state index in [1.165, 1.54) is 23.5 Å². The van der Waals surface area contributed by atoms with Crippen LogP contribution in [0.4, 0.5) is 4.39 Å². The van der Waals surface area contributed by atoms with Crippen LogP contribution in [-0.4, -0.2) is 35.4 Å². The summed E-state index contributed by atoms with van der Waals surface area (Å²) in [6, 6.07) is 10.4. The van der Waals surface area contributed by atoms with E-state index in [9.17, 15) is 14.0 Å². The van der Waals surface area contributed by atoms with Gasteiger partial charge in [-0.25, -0.2) is 4.39 Å². The maximum Gasteiger partial charge on any atom is 0.261 e. The van der Waals surface area contributed by atoms with Crippen molar-refractivity contribution in [1.82, 2.24) is 10.2 Å². The summed E-state index contributed by atoms with van der Waals surface area (Å²) in [6.07, 6.45) is 5.66. The van der Waals surface area contributed by atoms with E-state index >= 15 is 0 Å². The third kappa shape index (κ3) is 7.08. The lowest BCUT2D eigenvalue weighted by atomic mass is 9.95. The third-order valence-corrected chi connectivity index (χ3v) is 6.60. The number of nitrogens with one attached hydrogen (secondary N) is 1. The number of carbonyl (C=O) groups is 2. The molecule has 0 bridgehead atoms. The second kappa shape index (κ2) is 12.2. The average Bonchev–Trinajstić information content (AvgIpc) is 2.81. The van der Waals surface area contributed by atoms with Crippen LogP contribution in [0.25, 0.3) is 0 Å². The third-order valence-electron chi connectivity index (χ3n) is 5.86. The van der Waals surface area contributed by atoms with Gasteiger partial charge in [-0.3, -0.25) is 9.59 Å². The van der Waals surface area contributed by atoms with Gasteiger partial charge in [-0.2, -0.15) is 0 Å². The Morgan fingerprint density at radius 3 is 2.52 bits per heavy atom. The molecule has 1 fully saturated rings. The van der Waals surface area contributed by atoms with Gasteiger partial charge in [0, 0.05) is 12.6 Å². The molecule has 5 nitrogen and oxygen atoms in total. The number of benzene rings is 2. The van der Waals surface area contributed by atoms with Crippen molar-refractivity contribution >= 4 is 35.0 Å². The van der Waals surface area contributed by atoms with Gasteiger partial charge in [0.05, 0.1) is 10.0 Å². The lowest BCUT2D eigenvalue weighted by Crippen LogP contribution is -2.52. The molecule has 0 unspecified atom stereocenters. The summed E-state index contributed by atoms with van der Waals surface area (Å²) in [5.74, 6) is -1.18. The van der Waals surface area contributed by atoms with Gasteiger partial charge in [-0.1, -0.05) is 67.6 Å². The molecule has 0 saturated heterocycles. The van der Waals surface area contributed by atoms with E-state index in [1.807, 2.05) is 6.92 Å². The van der Waals surface area contributed by atoms with Gasteiger partial charge >= 0.3 is 0 Å². The van der Waals surface area contributed by atoms with Crippen molar-refractivity contribution in [2.75, 3.05) is 6.61 Å². The minimum Gasteiger partial charge on any atom is -0.481 e. The molecule has 0 aliphatic heterocycles. The first kappa shape index (κ1) is 25.3. The van der Waals surface area contributed by atoms with Crippen LogP contribution in [0.15, 0.2) is 42.5 Å². The molecule has 33 heavy (non-hydrogen) atoms. The molecule has 0 spiro atoms. The highest BCUT2D eigenvalue weighted by Crippen LogP contribution is 2.25. The molecule has 3 rings (SSSR count). The SMILES string of the molecule is CC[C@@H](C(=O)NC1CCCCC1)N(Cc1ccc(Cl)c(Cl)c1)C(=O)COc1ccccc1F. The van der Waals surface area contributed by atoms with E-state index in [2.05, 4.69) is 5.32 Å². The Kier molecular flexibility index (Phi) is 9.39. The molecule has 2 aromatic rings. The van der Waals surface area contributed by atoms with E-state index in [4.69, 9.17) is 27.9 Å². The Hall–Kier alpha value is -2.31. The van der Waals surface area contributed by atoms with Gasteiger partial charge in [0.15, 0.2) is 18.2 Å². The highest BCUT2D eigenvalue weighted by Gasteiger charge is 2.30. The summed E-state index contributed by atoms with van der Waals surface area (Å²) >= 11 is 12.2. The molecule has 1 aliphatic rings. The molecule has 0 heterocycles. The Labute approximate surface area is 204 Å². The summed E-state index contributed by atoms with van der Waals surface area (Å²) in [5.41, 5.74) is 0.729. The van der Waals surface area contributed by atoms with Crippen LogP contribution in [0, 0.1) is 5.82 Å². The summed E-state index contributed by atoms with van der Waals surface area (Å²) < 4.78 is 19.4. The zero-order valence-corrected chi connectivity index (χ0v) is 20.2. The van der Waals surface area contributed by atoms with Crippen LogP contribution in [-0.2, 0) is 16.1 Å². The number of ether oxygens (including phenoxy) is 1. The predicted octanol–water partition coefficient (Wildman–Crippen LogP) is 5.77. The molecule has 0 radical (unpaired) electrons. The van der Waals surface area contributed by atoms with Crippen molar-refractivity contribution < 1.29 is 18.7 Å². The van der Waals surface area contributed by atoms with Crippen molar-refractivity contribution in [2.24, 2.45) is 0 Å². The molecule has 1 saturated carbocycles. The summed E-state index contributed by atoms with van der Waals surface area (Å²) in [6.45, 7) is 1.61. The van der Waals surface area contributed by atoms with Crippen LogP contribution in [0.5, 0.6) is 5.75 Å². The zero-order chi connectivity index (χ0) is 23.8. The fourth-order valence-corrected chi connectivity index (χ4v) is 4.40. The first-order valence-corrected chi connectivity index (χ1v) is 12.1. The van der Waals surface area contributed by atoms with Gasteiger partial charge in [-0.05, 0) is 49.1 Å². The van der Waals surface area contributed by atoms with Gasteiger partial charge in [0.25, 0.3) is 5.91 Å². The second-order valence-electron chi connectivity index (χ2n) is 8.26. The van der Waals surface area contributed by atoms with Gasteiger partial charge in [-0.15, -0.1) is 0 Å². The first-order valence-electron chi connectivity index (χ1n) is 11.3. The van der Waals surface area contributed by atoms with Crippen molar-refractivity contribution in [3.05, 3.63) is 63.9 Å². The Morgan fingerprint density at radius 2 is 1.85 bits per heavy atom. The largest absolute Gasteiger partial charge is 0.481 e. The van der Waals surface area contributed by atoms with Crippen LogP contribution >= 0.6 is 23.2 Å². The molecule has 2 aromatic carbocycles. The van der Waals surface area contributed by atoms with E-state index in [1.54, 1.807) is 30.3 Å². The number of carbonyl (C=O) groups excluding carboxylic acids is 2. The smallest absolute Gasteiger partial charge is 0.261 e. The number of para-hydroxylation sites is 1. The number of hydrogen-bond acceptors (Lipinski definition) is 3. The minimum atomic E-state index is -0.696. The number of hydrogen-bond donors (Lipinski definition) is 1. The zero-order valence-electron chi connectivity index (χ0n) is 18.7. The van der Waals surface area contributed by atoms with E-state index in [-0.39, 0.29) is 24.2 Å². The summed E-state index contributed by atoms with van der Waals surface area (Å²) in [4.78, 5) is 27.9. The number of halogens is 3. The predicted molar refractivity (Wildman–Crippen MR) is 128 cm³/mol. The van der Waals surface area contributed by atoms with Crippen LogP contribution < -0.4 is 10.1 Å². The Balaban J connectivity index is 1.78. The molecule has 8 heteroatoms. The van der Waals surface area contributed by atoms with Crippen LogP contribution in [0.2, 0.25) is 10.0 Å². The summed E-state index contributed by atoms with van der Waals surface area (Å²) in [7, 11) is 0. The van der Waals surface area contributed by atoms with E-state index < -0.39 is 24.4 Å². The van der Waals surface area contributed by atoms with E-state index in [0.29, 0.717) is 16.5 Å². The number of rotatable bonds is 9. The first-order chi connectivity index (χ1) is 15.9. The van der Waals surface area contributed by atoms with Crippen molar-refractivity contribution in [3.63, 3.8) is 0 Å². The van der Waals surface area contributed by atoms with Gasteiger partial charge in [0.2, 0.25) is 5.91 Å². The second-order valence-corrected chi connectivity index (χ2v) is 9.07. The number of nitrogens with zero attached hydrogens (tertiary/aromatic N) is 1. The topological polar surface area (TPSA) is 58.6 Å². The van der Waals surface area contributed by atoms with Gasteiger partial charge in [0.1, 0.15) is 6.04 Å². The lowest BCUT2D eigenvalue weighted by Gasteiger charge is -2.32. The fraction of sp³-hybridized carbons (Fsp3) is 0.440. The highest BCUT2D eigenvalue weighted by molar-refractivity contribution is 6.42. The van der Waals surface area contributed by atoms with Gasteiger partial charge < -0.3 is 15.0 Å². The summed E-state index contributed by atoms with van der Waals surface area (Å²) in [5, 5.41) is 3.88. The lowest BCUT2D eigenvalue weighted by molar-refractivity contribution is -0.143. The monoisotopic (exact) mass is 494 g/mol. The van der Waals surface area contributed by atoms with Crippen molar-refractivity contribution in [3.8, 4) is 5.75 Å². The van der Waals surface area contributed by atoms with Crippen LogP contribution in [0.1, 0.15) is 51.0 Å². The minimum absolute atomic E-state index is 0.0138. The molecule has 1 N–H and O–H groups in total. The normalized spacial score (nSPS) is 15.0. The van der Waals surface area contributed by atoms with Crippen molar-refractivity contribution in [1.29, 1.82) is 0 Å². The Morgan fingerprint density at radius 1 is 1.12 bits per heavy atom. The van der Waals surface area contributed by atoms with Crippen LogP contribution in [0.3, 0.4) is 0 Å². The molecular formula is C25H29Cl2FN2O3. The number of amides is 2. The molecular weight excluding hydrogens is 466 g/mol. The molecule has 0 aromatic heterocycles. The van der Waals surface area contributed by atoms with E-state index in [0.717, 1.165) is 31.2 Å². The molecule has 1 aliphatic carbocycles. The highest BCUT2D eigenvalue weighted by atomic mass is 35.5. The quantitative estimate of drug-likeness (QED) is 0.481. The average molecular weight is 495 g/mol. The Bertz CT molecular complexity index is 966. The molecule has 2 amide bonds.